The van der Waals surface area contributed by atoms with Gasteiger partial charge < -0.3 is 24.7 Å². The Bertz CT molecular complexity index is 952. The Kier molecular flexibility index (Phi) is 10.0. The van der Waals surface area contributed by atoms with Crippen LogP contribution in [-0.4, -0.2) is 58.3 Å². The molecule has 8 nitrogen and oxygen atoms in total. The molecule has 0 saturated heterocycles. The summed E-state index contributed by atoms with van der Waals surface area (Å²) in [7, 11) is 3.77. The van der Waals surface area contributed by atoms with E-state index in [-0.39, 0.29) is 12.8 Å². The highest BCUT2D eigenvalue weighted by atomic mass is 19.1. The number of ether oxygens (including phenoxy) is 1. The molecule has 2 aromatic carbocycles. The maximum Gasteiger partial charge on any atom is 0.493 e. The minimum Gasteiger partial charge on any atom is -0.467 e. The Morgan fingerprint density at radius 3 is 2.09 bits per heavy atom. The normalized spacial score (nSPS) is 12.4. The number of hydrogen-bond acceptors (Lipinski definition) is 6. The summed E-state index contributed by atoms with van der Waals surface area (Å²) in [5.74, 6) is -2.09. The van der Waals surface area contributed by atoms with Crippen LogP contribution in [0.5, 0.6) is 0 Å². The van der Waals surface area contributed by atoms with E-state index in [1.54, 1.807) is 30.3 Å². The van der Waals surface area contributed by atoms with Crippen molar-refractivity contribution in [3.63, 3.8) is 0 Å². The summed E-state index contributed by atoms with van der Waals surface area (Å²) in [6.07, 6.45) is 0.220. The fourth-order valence-corrected chi connectivity index (χ4v) is 3.38. The Morgan fingerprint density at radius 2 is 1.55 bits per heavy atom. The molecule has 0 aromatic heterocycles. The Balaban J connectivity index is 2.16. The van der Waals surface area contributed by atoms with Crippen LogP contribution in [0.25, 0.3) is 0 Å². The van der Waals surface area contributed by atoms with Crippen molar-refractivity contribution in [1.82, 2.24) is 10.6 Å². The molecule has 10 heteroatoms. The molecule has 0 spiro atoms. The van der Waals surface area contributed by atoms with Crippen LogP contribution in [0.1, 0.15) is 18.1 Å². The molecule has 2 rings (SSSR count). The van der Waals surface area contributed by atoms with E-state index >= 15 is 0 Å². The third-order valence-electron chi connectivity index (χ3n) is 4.94. The van der Waals surface area contributed by atoms with E-state index in [0.29, 0.717) is 5.56 Å². The van der Waals surface area contributed by atoms with Gasteiger partial charge in [0, 0.05) is 34.0 Å². The van der Waals surface area contributed by atoms with Crippen LogP contribution in [0.3, 0.4) is 0 Å². The van der Waals surface area contributed by atoms with Gasteiger partial charge in [-0.2, -0.15) is 0 Å². The van der Waals surface area contributed by atoms with Crippen LogP contribution in [0.4, 0.5) is 4.39 Å². The number of carbonyl (C=O) groups excluding carboxylic acids is 3. The highest BCUT2D eigenvalue weighted by Gasteiger charge is 2.27. The van der Waals surface area contributed by atoms with E-state index in [9.17, 15) is 18.8 Å². The van der Waals surface area contributed by atoms with Gasteiger partial charge in [-0.25, -0.2) is 9.18 Å². The number of rotatable bonds is 11. The van der Waals surface area contributed by atoms with E-state index in [1.807, 2.05) is 0 Å². The maximum atomic E-state index is 13.5. The number of nitrogens with one attached hydrogen (secondary N) is 2. The second kappa shape index (κ2) is 12.7. The summed E-state index contributed by atoms with van der Waals surface area (Å²) in [5, 5.41) is 5.20. The number of methoxy groups -OCH3 is 1. The number of hydrogen-bond donors (Lipinski definition) is 2. The molecular formula is C23H28BFN2O6. The fraction of sp³-hybridized carbons (Fsp3) is 0.348. The molecule has 2 atom stereocenters. The predicted molar refractivity (Wildman–Crippen MR) is 121 cm³/mol. The van der Waals surface area contributed by atoms with Gasteiger partial charge in [0.05, 0.1) is 7.11 Å². The number of carbonyl (C=O) groups is 3. The van der Waals surface area contributed by atoms with Crippen molar-refractivity contribution in [2.45, 2.75) is 31.8 Å². The fourth-order valence-electron chi connectivity index (χ4n) is 3.38. The molecule has 0 unspecified atom stereocenters. The van der Waals surface area contributed by atoms with Crippen molar-refractivity contribution in [2.75, 3.05) is 21.3 Å². The molecule has 2 amide bonds. The van der Waals surface area contributed by atoms with Crippen LogP contribution in [0.15, 0.2) is 48.5 Å². The first kappa shape index (κ1) is 26.0. The van der Waals surface area contributed by atoms with Gasteiger partial charge in [0.2, 0.25) is 11.8 Å². The lowest BCUT2D eigenvalue weighted by molar-refractivity contribution is -0.145. The number of amides is 2. The molecule has 0 saturated carbocycles. The van der Waals surface area contributed by atoms with E-state index in [1.165, 1.54) is 46.5 Å². The first-order valence-electron chi connectivity index (χ1n) is 10.3. The highest BCUT2D eigenvalue weighted by molar-refractivity contribution is 6.61. The molecule has 33 heavy (non-hydrogen) atoms. The Morgan fingerprint density at radius 1 is 0.909 bits per heavy atom. The predicted octanol–water partition coefficient (Wildman–Crippen LogP) is 0.761. The van der Waals surface area contributed by atoms with Gasteiger partial charge in [0.25, 0.3) is 0 Å². The molecule has 0 fully saturated rings. The molecule has 176 valence electrons. The molecule has 2 aromatic rings. The van der Waals surface area contributed by atoms with E-state index in [0.717, 1.165) is 11.0 Å². The zero-order valence-electron chi connectivity index (χ0n) is 19.1. The summed E-state index contributed by atoms with van der Waals surface area (Å²) in [6, 6.07) is 10.9. The molecule has 0 aliphatic heterocycles. The zero-order valence-corrected chi connectivity index (χ0v) is 19.1. The first-order valence-corrected chi connectivity index (χ1v) is 10.3. The van der Waals surface area contributed by atoms with Crippen LogP contribution in [0, 0.1) is 5.82 Å². The summed E-state index contributed by atoms with van der Waals surface area (Å²) < 4.78 is 28.8. The SMILES string of the molecule is COB(OC)c1ccc(C[C@H](NC(=O)[C@@H](Cc2cccc(F)c2)NC(C)=O)C(=O)OC)cc1. The second-order valence-corrected chi connectivity index (χ2v) is 7.42. The minimum absolute atomic E-state index is 0.0567. The van der Waals surface area contributed by atoms with Gasteiger partial charge in [-0.15, -0.1) is 0 Å². The summed E-state index contributed by atoms with van der Waals surface area (Å²) in [6.45, 7) is 1.28. The standard InChI is InChI=1S/C23H28BFN2O6/c1-15(28)26-20(14-17-6-5-7-19(25)12-17)22(29)27-21(23(30)31-2)13-16-8-10-18(11-9-16)24(32-3)33-4/h5-12,20-21H,13-14H2,1-4H3,(H,26,28)(H,27,29)/t20-,21+/m1/s1. The Hall–Kier alpha value is -3.24. The summed E-state index contributed by atoms with van der Waals surface area (Å²) >= 11 is 0. The molecule has 0 radical (unpaired) electrons. The van der Waals surface area contributed by atoms with Crippen molar-refractivity contribution in [1.29, 1.82) is 0 Å². The van der Waals surface area contributed by atoms with Gasteiger partial charge in [0.15, 0.2) is 0 Å². The molecule has 2 N–H and O–H groups in total. The zero-order chi connectivity index (χ0) is 24.4. The van der Waals surface area contributed by atoms with Gasteiger partial charge in [-0.05, 0) is 28.7 Å². The molecule has 0 bridgehead atoms. The number of benzene rings is 2. The lowest BCUT2D eigenvalue weighted by Crippen LogP contribution is -2.53. The van der Waals surface area contributed by atoms with Crippen LogP contribution >= 0.6 is 0 Å². The van der Waals surface area contributed by atoms with Crippen molar-refractivity contribution >= 4 is 30.4 Å². The van der Waals surface area contributed by atoms with Gasteiger partial charge in [-0.1, -0.05) is 36.4 Å². The monoisotopic (exact) mass is 458 g/mol. The van der Waals surface area contributed by atoms with Crippen molar-refractivity contribution in [2.24, 2.45) is 0 Å². The van der Waals surface area contributed by atoms with Crippen LogP contribution in [-0.2, 0) is 41.3 Å². The van der Waals surface area contributed by atoms with Crippen LogP contribution < -0.4 is 16.1 Å². The van der Waals surface area contributed by atoms with Gasteiger partial charge >= 0.3 is 13.1 Å². The summed E-state index contributed by atoms with van der Waals surface area (Å²) in [5.41, 5.74) is 2.09. The Labute approximate surface area is 192 Å². The largest absolute Gasteiger partial charge is 0.493 e. The van der Waals surface area contributed by atoms with E-state index in [2.05, 4.69) is 10.6 Å². The van der Waals surface area contributed by atoms with Crippen molar-refractivity contribution in [3.8, 4) is 0 Å². The third-order valence-corrected chi connectivity index (χ3v) is 4.94. The van der Waals surface area contributed by atoms with Crippen molar-refractivity contribution in [3.05, 3.63) is 65.5 Å². The van der Waals surface area contributed by atoms with Crippen molar-refractivity contribution < 1.29 is 32.8 Å². The lowest BCUT2D eigenvalue weighted by Gasteiger charge is -2.22. The first-order chi connectivity index (χ1) is 15.8. The lowest BCUT2D eigenvalue weighted by atomic mass is 9.78. The van der Waals surface area contributed by atoms with Gasteiger partial charge in [-0.3, -0.25) is 9.59 Å². The minimum atomic E-state index is -0.997. The van der Waals surface area contributed by atoms with Crippen LogP contribution in [0.2, 0.25) is 0 Å². The maximum absolute atomic E-state index is 13.5. The summed E-state index contributed by atoms with van der Waals surface area (Å²) in [4.78, 5) is 36.9. The van der Waals surface area contributed by atoms with E-state index < -0.39 is 42.8 Å². The molecule has 0 aliphatic rings. The average Bonchev–Trinajstić information content (AvgIpc) is 2.79. The third kappa shape index (κ3) is 8.00. The smallest absolute Gasteiger partial charge is 0.467 e. The average molecular weight is 458 g/mol. The number of halogens is 1. The molecular weight excluding hydrogens is 430 g/mol. The molecule has 0 aliphatic carbocycles. The highest BCUT2D eigenvalue weighted by Crippen LogP contribution is 2.09. The molecule has 0 heterocycles. The van der Waals surface area contributed by atoms with E-state index in [4.69, 9.17) is 14.0 Å². The topological polar surface area (TPSA) is 103 Å². The quantitative estimate of drug-likeness (QED) is 0.381. The number of esters is 1. The van der Waals surface area contributed by atoms with Gasteiger partial charge in [0.1, 0.15) is 17.9 Å². The second-order valence-electron chi connectivity index (χ2n) is 7.42.